The number of hydrogen-bond acceptors (Lipinski definition) is 6. The van der Waals surface area contributed by atoms with Crippen LogP contribution >= 0.6 is 22.9 Å². The number of nitrogens with one attached hydrogen (secondary N) is 1. The summed E-state index contributed by atoms with van der Waals surface area (Å²) < 4.78 is 41.7. The van der Waals surface area contributed by atoms with Crippen molar-refractivity contribution >= 4 is 34.5 Å². The fraction of sp³-hybridized carbons (Fsp3) is 0.452. The number of nitriles is 1. The SMILES string of the molecule is CC(C)CC(C)c1sccc1NC(=O)c1cn(C)nc1C(F)(F)F.CCCCC(C#N)(Cn1cncn1)c1ccc(Cl)cc1. The second-order valence-electron chi connectivity index (χ2n) is 11.1. The topological polar surface area (TPSA) is 101 Å². The molecule has 2 atom stereocenters. The first-order chi connectivity index (χ1) is 20.8. The van der Waals surface area contributed by atoms with E-state index in [0.29, 0.717) is 23.2 Å². The summed E-state index contributed by atoms with van der Waals surface area (Å²) in [6.07, 6.45) is 3.32. The van der Waals surface area contributed by atoms with Crippen molar-refractivity contribution in [1.82, 2.24) is 24.5 Å². The zero-order valence-electron chi connectivity index (χ0n) is 25.4. The van der Waals surface area contributed by atoms with E-state index in [1.807, 2.05) is 36.6 Å². The Labute approximate surface area is 264 Å². The van der Waals surface area contributed by atoms with E-state index in [9.17, 15) is 23.2 Å². The Morgan fingerprint density at radius 1 is 1.18 bits per heavy atom. The Morgan fingerprint density at radius 3 is 2.45 bits per heavy atom. The van der Waals surface area contributed by atoms with Gasteiger partial charge in [-0.3, -0.25) is 14.2 Å². The molecule has 3 heterocycles. The van der Waals surface area contributed by atoms with Gasteiger partial charge in [-0.25, -0.2) is 4.98 Å². The molecule has 0 spiro atoms. The molecule has 0 aliphatic heterocycles. The zero-order valence-corrected chi connectivity index (χ0v) is 27.0. The van der Waals surface area contributed by atoms with Gasteiger partial charge in [0, 0.05) is 23.1 Å². The van der Waals surface area contributed by atoms with Gasteiger partial charge in [0.2, 0.25) is 0 Å². The molecule has 0 bridgehead atoms. The number of aromatic nitrogens is 5. The minimum atomic E-state index is -4.67. The summed E-state index contributed by atoms with van der Waals surface area (Å²) >= 11 is 7.44. The third-order valence-electron chi connectivity index (χ3n) is 7.02. The molecule has 1 aromatic carbocycles. The number of aryl methyl sites for hydroxylation is 1. The lowest BCUT2D eigenvalue weighted by atomic mass is 9.77. The number of amides is 1. The Hall–Kier alpha value is -3.69. The average molecular weight is 648 g/mol. The molecule has 1 N–H and O–H groups in total. The maximum absolute atomic E-state index is 13.0. The van der Waals surface area contributed by atoms with Crippen molar-refractivity contribution in [1.29, 1.82) is 5.26 Å². The smallest absolute Gasteiger partial charge is 0.321 e. The molecule has 2 unspecified atom stereocenters. The number of unbranched alkanes of at least 4 members (excludes halogenated alkanes) is 1. The highest BCUT2D eigenvalue weighted by Gasteiger charge is 2.39. The number of thiophene rings is 1. The van der Waals surface area contributed by atoms with Crippen LogP contribution in [0.4, 0.5) is 18.9 Å². The van der Waals surface area contributed by atoms with Gasteiger partial charge in [0.05, 0.1) is 23.9 Å². The van der Waals surface area contributed by atoms with E-state index in [1.54, 1.807) is 17.1 Å². The molecular formula is C31H37ClF3N7OS. The second-order valence-corrected chi connectivity index (χ2v) is 12.5. The number of rotatable bonds is 11. The van der Waals surface area contributed by atoms with Gasteiger partial charge in [-0.05, 0) is 53.8 Å². The highest BCUT2D eigenvalue weighted by molar-refractivity contribution is 7.10. The van der Waals surface area contributed by atoms with Crippen molar-refractivity contribution in [2.75, 3.05) is 5.32 Å². The number of anilines is 1. The van der Waals surface area contributed by atoms with E-state index in [2.05, 4.69) is 47.3 Å². The normalized spacial score (nSPS) is 13.5. The lowest BCUT2D eigenvalue weighted by Gasteiger charge is -2.27. The molecule has 0 saturated heterocycles. The molecule has 0 fully saturated rings. The molecule has 0 aliphatic carbocycles. The maximum Gasteiger partial charge on any atom is 0.435 e. The third-order valence-corrected chi connectivity index (χ3v) is 8.42. The average Bonchev–Trinajstić information content (AvgIpc) is 3.73. The molecule has 0 saturated carbocycles. The van der Waals surface area contributed by atoms with Gasteiger partial charge in [0.25, 0.3) is 5.91 Å². The minimum Gasteiger partial charge on any atom is -0.321 e. The molecule has 0 aliphatic rings. The first kappa shape index (κ1) is 34.8. The Balaban J connectivity index is 0.000000244. The highest BCUT2D eigenvalue weighted by atomic mass is 35.5. The lowest BCUT2D eigenvalue weighted by molar-refractivity contribution is -0.141. The standard InChI is InChI=1S/C16H20F3N3OS.C15H17ClN4/c1-9(2)7-10(3)13-12(5-6-24-13)20-15(23)11-8-22(4)21-14(11)16(17,18)19;1-2-3-8-15(9-17,10-20-12-18-11-19-20)13-4-6-14(16)7-5-13/h5-6,8-10H,7H2,1-4H3,(H,20,23);4-7,11-12H,2-3,8,10H2,1H3. The monoisotopic (exact) mass is 647 g/mol. The molecule has 4 aromatic rings. The summed E-state index contributed by atoms with van der Waals surface area (Å²) in [6.45, 7) is 8.89. The van der Waals surface area contributed by atoms with Gasteiger partial charge in [-0.1, -0.05) is 64.3 Å². The number of carbonyl (C=O) groups excluding carboxylic acids is 1. The van der Waals surface area contributed by atoms with Gasteiger partial charge < -0.3 is 5.32 Å². The van der Waals surface area contributed by atoms with Crippen LogP contribution < -0.4 is 5.32 Å². The van der Waals surface area contributed by atoms with E-state index in [1.165, 1.54) is 24.7 Å². The number of nitrogens with zero attached hydrogens (tertiary/aromatic N) is 6. The minimum absolute atomic E-state index is 0.219. The van der Waals surface area contributed by atoms with Crippen LogP contribution in [0.2, 0.25) is 5.02 Å². The predicted octanol–water partition coefficient (Wildman–Crippen LogP) is 8.49. The first-order valence-electron chi connectivity index (χ1n) is 14.3. The van der Waals surface area contributed by atoms with Gasteiger partial charge in [0.1, 0.15) is 18.1 Å². The summed E-state index contributed by atoms with van der Waals surface area (Å²) in [4.78, 5) is 17.2. The Kier molecular flexibility index (Phi) is 12.1. The summed E-state index contributed by atoms with van der Waals surface area (Å²) in [5.74, 6) is -0.0936. The van der Waals surface area contributed by atoms with E-state index in [4.69, 9.17) is 11.6 Å². The van der Waals surface area contributed by atoms with Gasteiger partial charge >= 0.3 is 6.18 Å². The molecule has 236 valence electrons. The molecule has 0 radical (unpaired) electrons. The molecular weight excluding hydrogens is 611 g/mol. The fourth-order valence-corrected chi connectivity index (χ4v) is 6.03. The predicted molar refractivity (Wildman–Crippen MR) is 167 cm³/mol. The molecule has 8 nitrogen and oxygen atoms in total. The van der Waals surface area contributed by atoms with Crippen LogP contribution in [0.5, 0.6) is 0 Å². The van der Waals surface area contributed by atoms with Crippen molar-refractivity contribution in [3.05, 3.63) is 81.3 Å². The molecule has 1 amide bonds. The summed E-state index contributed by atoms with van der Waals surface area (Å²) in [7, 11) is 1.35. The van der Waals surface area contributed by atoms with Crippen LogP contribution in [0.25, 0.3) is 0 Å². The Bertz CT molecular complexity index is 1520. The molecule has 44 heavy (non-hydrogen) atoms. The molecule has 3 aromatic heterocycles. The van der Waals surface area contributed by atoms with Crippen LogP contribution in [0.3, 0.4) is 0 Å². The number of halogens is 4. The summed E-state index contributed by atoms with van der Waals surface area (Å²) in [6, 6.07) is 11.7. The van der Waals surface area contributed by atoms with Crippen LogP contribution in [-0.4, -0.2) is 30.5 Å². The van der Waals surface area contributed by atoms with Crippen LogP contribution in [0.15, 0.2) is 54.6 Å². The largest absolute Gasteiger partial charge is 0.435 e. The zero-order chi connectivity index (χ0) is 32.5. The van der Waals surface area contributed by atoms with Crippen molar-refractivity contribution in [3.8, 4) is 6.07 Å². The third kappa shape index (κ3) is 9.16. The van der Waals surface area contributed by atoms with Crippen LogP contribution in [0, 0.1) is 17.2 Å². The van der Waals surface area contributed by atoms with Crippen molar-refractivity contribution in [2.24, 2.45) is 13.0 Å². The van der Waals surface area contributed by atoms with E-state index >= 15 is 0 Å². The van der Waals surface area contributed by atoms with Gasteiger partial charge in [-0.2, -0.15) is 28.6 Å². The number of alkyl halides is 3. The lowest BCUT2D eigenvalue weighted by Crippen LogP contribution is -2.30. The fourth-order valence-electron chi connectivity index (χ4n) is 4.98. The van der Waals surface area contributed by atoms with Crippen LogP contribution in [0.1, 0.15) is 85.8 Å². The van der Waals surface area contributed by atoms with Gasteiger partial charge in [0.15, 0.2) is 5.69 Å². The summed E-state index contributed by atoms with van der Waals surface area (Å²) in [5, 5.41) is 22.4. The number of carbonyl (C=O) groups is 1. The molecule has 13 heteroatoms. The van der Waals surface area contributed by atoms with Gasteiger partial charge in [-0.15, -0.1) is 11.3 Å². The number of benzene rings is 1. The maximum atomic E-state index is 13.0. The van der Waals surface area contributed by atoms with Crippen molar-refractivity contribution in [3.63, 3.8) is 0 Å². The highest BCUT2D eigenvalue weighted by Crippen LogP contribution is 2.36. The Morgan fingerprint density at radius 2 is 1.89 bits per heavy atom. The van der Waals surface area contributed by atoms with E-state index < -0.39 is 28.8 Å². The first-order valence-corrected chi connectivity index (χ1v) is 15.5. The van der Waals surface area contributed by atoms with Crippen molar-refractivity contribution < 1.29 is 18.0 Å². The summed E-state index contributed by atoms with van der Waals surface area (Å²) in [5.41, 5.74) is -0.689. The van der Waals surface area contributed by atoms with Crippen LogP contribution in [-0.2, 0) is 25.2 Å². The number of hydrogen-bond donors (Lipinski definition) is 1. The quantitative estimate of drug-likeness (QED) is 0.176. The van der Waals surface area contributed by atoms with Crippen molar-refractivity contribution in [2.45, 2.75) is 77.4 Å². The van der Waals surface area contributed by atoms with E-state index in [-0.39, 0.29) is 5.92 Å². The van der Waals surface area contributed by atoms with E-state index in [0.717, 1.165) is 47.0 Å². The molecule has 4 rings (SSSR count). The second kappa shape index (κ2) is 15.3.